The zero-order valence-corrected chi connectivity index (χ0v) is 23.4. The molecule has 0 bridgehead atoms. The summed E-state index contributed by atoms with van der Waals surface area (Å²) < 4.78 is 28.2. The molecule has 0 unspecified atom stereocenters. The molecule has 4 rings (SSSR count). The monoisotopic (exact) mass is 567 g/mol. The highest BCUT2D eigenvalue weighted by atomic mass is 35.5. The molecule has 2 aromatic rings. The minimum atomic E-state index is -4.03. The van der Waals surface area contributed by atoms with Crippen molar-refractivity contribution in [1.29, 1.82) is 0 Å². The predicted octanol–water partition coefficient (Wildman–Crippen LogP) is 4.59. The predicted molar refractivity (Wildman–Crippen MR) is 146 cm³/mol. The fraction of sp³-hybridized carbons (Fsp3) is 0.519. The van der Waals surface area contributed by atoms with Crippen molar-refractivity contribution in [2.24, 2.45) is 0 Å². The number of nitrogens with one attached hydrogen (secondary N) is 2. The van der Waals surface area contributed by atoms with Gasteiger partial charge in [-0.25, -0.2) is 13.1 Å². The zero-order chi connectivity index (χ0) is 26.6. The van der Waals surface area contributed by atoms with Crippen molar-refractivity contribution in [3.05, 3.63) is 63.1 Å². The minimum absolute atomic E-state index is 0.0884. The Morgan fingerprint density at radius 2 is 1.84 bits per heavy atom. The average molecular weight is 569 g/mol. The molecular formula is C27H35Cl2N3O4S. The Kier molecular flexibility index (Phi) is 9.53. The summed E-state index contributed by atoms with van der Waals surface area (Å²) >= 11 is 11.9. The van der Waals surface area contributed by atoms with E-state index in [-0.39, 0.29) is 33.3 Å². The lowest BCUT2D eigenvalue weighted by molar-refractivity contribution is -0.122. The van der Waals surface area contributed by atoms with Crippen LogP contribution in [-0.2, 0) is 27.8 Å². The second kappa shape index (κ2) is 12.5. The first-order valence-corrected chi connectivity index (χ1v) is 15.1. The molecule has 7 nitrogen and oxygen atoms in total. The Labute approximate surface area is 229 Å². The van der Waals surface area contributed by atoms with Gasteiger partial charge < -0.3 is 10.4 Å². The minimum Gasteiger partial charge on any atom is -0.392 e. The highest BCUT2D eigenvalue weighted by Crippen LogP contribution is 2.31. The maximum Gasteiger partial charge on any atom is 0.240 e. The third-order valence-electron chi connectivity index (χ3n) is 7.21. The molecular weight excluding hydrogens is 533 g/mol. The number of aliphatic hydroxyl groups excluding tert-OH is 1. The molecule has 3 N–H and O–H groups in total. The van der Waals surface area contributed by atoms with Crippen molar-refractivity contribution >= 4 is 39.1 Å². The molecule has 1 amide bonds. The van der Waals surface area contributed by atoms with Crippen LogP contribution < -0.4 is 10.0 Å². The molecule has 0 radical (unpaired) electrons. The van der Waals surface area contributed by atoms with E-state index in [2.05, 4.69) is 33.1 Å². The first-order chi connectivity index (χ1) is 17.6. The molecule has 3 atom stereocenters. The lowest BCUT2D eigenvalue weighted by atomic mass is 9.86. The summed E-state index contributed by atoms with van der Waals surface area (Å²) in [5.74, 6) is -0.321. The van der Waals surface area contributed by atoms with Gasteiger partial charge in [0.25, 0.3) is 0 Å². The number of benzene rings is 2. The van der Waals surface area contributed by atoms with Gasteiger partial charge in [0.1, 0.15) is 0 Å². The molecule has 202 valence electrons. The first kappa shape index (κ1) is 28.3. The molecule has 1 aliphatic carbocycles. The third kappa shape index (κ3) is 7.46. The van der Waals surface area contributed by atoms with Gasteiger partial charge in [0.2, 0.25) is 15.9 Å². The van der Waals surface area contributed by atoms with E-state index in [9.17, 15) is 18.3 Å². The van der Waals surface area contributed by atoms with Gasteiger partial charge in [0, 0.05) is 13.0 Å². The lowest BCUT2D eigenvalue weighted by Gasteiger charge is -2.30. The summed E-state index contributed by atoms with van der Waals surface area (Å²) in [7, 11) is -4.03. The number of aliphatic hydroxyl groups is 1. The van der Waals surface area contributed by atoms with Crippen LogP contribution in [0.5, 0.6) is 0 Å². The number of nitrogens with zero attached hydrogens (tertiary/aromatic N) is 1. The van der Waals surface area contributed by atoms with Crippen molar-refractivity contribution in [2.75, 3.05) is 13.1 Å². The van der Waals surface area contributed by atoms with Gasteiger partial charge in [0.05, 0.1) is 33.1 Å². The fourth-order valence-corrected chi connectivity index (χ4v) is 6.86. The summed E-state index contributed by atoms with van der Waals surface area (Å²) in [5.41, 5.74) is 3.68. The largest absolute Gasteiger partial charge is 0.392 e. The number of amides is 1. The van der Waals surface area contributed by atoms with E-state index in [0.717, 1.165) is 44.5 Å². The van der Waals surface area contributed by atoms with Crippen LogP contribution in [0, 0.1) is 0 Å². The van der Waals surface area contributed by atoms with Crippen LogP contribution in [0.2, 0.25) is 10.0 Å². The van der Waals surface area contributed by atoms with Crippen molar-refractivity contribution < 1.29 is 18.3 Å². The maximum atomic E-state index is 13.0. The highest BCUT2D eigenvalue weighted by molar-refractivity contribution is 7.89. The topological polar surface area (TPSA) is 98.7 Å². The molecule has 0 spiro atoms. The van der Waals surface area contributed by atoms with Crippen LogP contribution in [0.3, 0.4) is 0 Å². The number of hydrogen-bond donors (Lipinski definition) is 3. The Hall–Kier alpha value is -1.68. The maximum absolute atomic E-state index is 13.0. The second-order valence-electron chi connectivity index (χ2n) is 10.1. The number of carbonyl (C=O) groups is 1. The van der Waals surface area contributed by atoms with Gasteiger partial charge in [-0.05, 0) is 87.0 Å². The Morgan fingerprint density at radius 1 is 1.08 bits per heavy atom. The van der Waals surface area contributed by atoms with E-state index in [1.807, 2.05) is 0 Å². The second-order valence-corrected chi connectivity index (χ2v) is 12.7. The standard InChI is InChI=1S/C27H35Cl2N3O4S/c1-18(33)26(31-37(35,36)21-9-11-23(28)24(29)15-21)16-27(34)30-25-7-5-6-20-14-19(8-10-22(20)25)17-32-12-3-2-4-13-32/h8-11,14-15,18,25-26,31,33H,2-7,12-13,16-17H2,1H3,(H,30,34)/t18-,25-,26-/m1/s1. The van der Waals surface area contributed by atoms with Gasteiger partial charge >= 0.3 is 0 Å². The van der Waals surface area contributed by atoms with Crippen molar-refractivity contribution in [3.63, 3.8) is 0 Å². The Morgan fingerprint density at radius 3 is 2.54 bits per heavy atom. The van der Waals surface area contributed by atoms with Crippen LogP contribution in [0.15, 0.2) is 41.3 Å². The Bertz CT molecular complexity index is 1220. The number of sulfonamides is 1. The number of hydrogen-bond acceptors (Lipinski definition) is 5. The van der Waals surface area contributed by atoms with E-state index in [4.69, 9.17) is 23.2 Å². The lowest BCUT2D eigenvalue weighted by Crippen LogP contribution is -2.45. The molecule has 37 heavy (non-hydrogen) atoms. The van der Waals surface area contributed by atoms with Crippen LogP contribution in [-0.4, -0.2) is 49.6 Å². The molecule has 0 aromatic heterocycles. The number of aryl methyl sites for hydroxylation is 1. The number of fused-ring (bicyclic) bond motifs is 1. The smallest absolute Gasteiger partial charge is 0.240 e. The normalized spacial score (nSPS) is 20.2. The van der Waals surface area contributed by atoms with Crippen LogP contribution in [0.4, 0.5) is 0 Å². The van der Waals surface area contributed by atoms with E-state index in [0.29, 0.717) is 0 Å². The molecule has 1 saturated heterocycles. The first-order valence-electron chi connectivity index (χ1n) is 12.9. The number of likely N-dealkylation sites (tertiary alicyclic amines) is 1. The SMILES string of the molecule is C[C@@H](O)[C@@H](CC(=O)N[C@@H]1CCCc2cc(CN3CCCCC3)ccc21)NS(=O)(=O)c1ccc(Cl)c(Cl)c1. The Balaban J connectivity index is 1.40. The summed E-state index contributed by atoms with van der Waals surface area (Å²) in [4.78, 5) is 15.4. The quantitative estimate of drug-likeness (QED) is 0.411. The van der Waals surface area contributed by atoms with Gasteiger partial charge in [-0.1, -0.05) is 47.8 Å². The summed E-state index contributed by atoms with van der Waals surface area (Å²) in [6, 6.07) is 9.36. The van der Waals surface area contributed by atoms with E-state index in [1.165, 1.54) is 55.5 Å². The van der Waals surface area contributed by atoms with Gasteiger partial charge in [-0.3, -0.25) is 9.69 Å². The van der Waals surface area contributed by atoms with Crippen molar-refractivity contribution in [1.82, 2.24) is 14.9 Å². The molecule has 2 aromatic carbocycles. The van der Waals surface area contributed by atoms with Gasteiger partial charge in [-0.15, -0.1) is 0 Å². The van der Waals surface area contributed by atoms with E-state index in [1.54, 1.807) is 0 Å². The highest BCUT2D eigenvalue weighted by Gasteiger charge is 2.28. The van der Waals surface area contributed by atoms with Crippen molar-refractivity contribution in [2.45, 2.75) is 81.5 Å². The number of rotatable bonds is 9. The number of piperidine rings is 1. The molecule has 1 heterocycles. The summed E-state index contributed by atoms with van der Waals surface area (Å²) in [6.07, 6.45) is 5.32. The molecule has 1 aliphatic heterocycles. The van der Waals surface area contributed by atoms with Crippen molar-refractivity contribution in [3.8, 4) is 0 Å². The zero-order valence-electron chi connectivity index (χ0n) is 21.1. The van der Waals surface area contributed by atoms with Crippen LogP contribution in [0.25, 0.3) is 0 Å². The van der Waals surface area contributed by atoms with Crippen LogP contribution in [0.1, 0.15) is 68.2 Å². The van der Waals surface area contributed by atoms with E-state index < -0.39 is 22.2 Å². The van der Waals surface area contributed by atoms with Crippen LogP contribution >= 0.6 is 23.2 Å². The summed E-state index contributed by atoms with van der Waals surface area (Å²) in [5, 5.41) is 13.6. The molecule has 0 saturated carbocycles. The van der Waals surface area contributed by atoms with Gasteiger partial charge in [-0.2, -0.15) is 0 Å². The van der Waals surface area contributed by atoms with E-state index >= 15 is 0 Å². The number of carbonyl (C=O) groups excluding carboxylic acids is 1. The molecule has 10 heteroatoms. The summed E-state index contributed by atoms with van der Waals surface area (Å²) in [6.45, 7) is 4.71. The third-order valence-corrected chi connectivity index (χ3v) is 9.43. The molecule has 1 fully saturated rings. The fourth-order valence-electron chi connectivity index (χ4n) is 5.17. The molecule has 2 aliphatic rings. The number of halogens is 2. The van der Waals surface area contributed by atoms with Gasteiger partial charge in [0.15, 0.2) is 0 Å². The average Bonchev–Trinajstić information content (AvgIpc) is 2.85.